The molecule has 0 radical (unpaired) electrons. The molecule has 17 heavy (non-hydrogen) atoms. The summed E-state index contributed by atoms with van der Waals surface area (Å²) in [5.74, 6) is 0.826. The second-order valence-electron chi connectivity index (χ2n) is 3.49. The normalized spacial score (nSPS) is 10.5. The summed E-state index contributed by atoms with van der Waals surface area (Å²) in [6, 6.07) is 1.84. The van der Waals surface area contributed by atoms with Crippen LogP contribution in [0.3, 0.4) is 0 Å². The van der Waals surface area contributed by atoms with E-state index in [1.807, 2.05) is 13.0 Å². The molecule has 0 saturated carbocycles. The number of hydrogen-bond donors (Lipinski definition) is 1. The molecule has 0 spiro atoms. The number of nitrogens with one attached hydrogen (secondary N) is 1. The van der Waals surface area contributed by atoms with Crippen molar-refractivity contribution < 1.29 is 9.32 Å². The minimum absolute atomic E-state index is 0.139. The van der Waals surface area contributed by atoms with E-state index in [0.717, 1.165) is 9.35 Å². The Bertz CT molecular complexity index is 530. The van der Waals surface area contributed by atoms with Crippen LogP contribution < -0.4 is 5.32 Å². The fourth-order valence-electron chi connectivity index (χ4n) is 1.23. The molecular weight excluding hydrogens is 306 g/mol. The molecule has 0 aliphatic heterocycles. The second kappa shape index (κ2) is 4.97. The first-order valence-electron chi connectivity index (χ1n) is 4.89. The molecule has 1 N–H and O–H groups in total. The number of hydrogen-bond acceptors (Lipinski definition) is 5. The maximum atomic E-state index is 11.8. The van der Waals surface area contributed by atoms with Crippen molar-refractivity contribution in [3.8, 4) is 0 Å². The first kappa shape index (κ1) is 12.3. The lowest BCUT2D eigenvalue weighted by molar-refractivity contribution is 0.0950. The standard InChI is InChI=1S/C10H10BrN3O2S/c1-5-3-7(17-9(5)11)10(15)12-4-8-13-6(2)14-16-8/h3H,4H2,1-2H3,(H,12,15). The molecule has 90 valence electrons. The summed E-state index contributed by atoms with van der Waals surface area (Å²) in [5, 5.41) is 6.37. The van der Waals surface area contributed by atoms with Crippen LogP contribution in [0.2, 0.25) is 0 Å². The summed E-state index contributed by atoms with van der Waals surface area (Å²) < 4.78 is 5.87. The fraction of sp³-hybridized carbons (Fsp3) is 0.300. The SMILES string of the molecule is Cc1noc(CNC(=O)c2cc(C)c(Br)s2)n1. The van der Waals surface area contributed by atoms with Crippen LogP contribution in [0.25, 0.3) is 0 Å². The van der Waals surface area contributed by atoms with Gasteiger partial charge in [-0.05, 0) is 41.4 Å². The third-order valence-electron chi connectivity index (χ3n) is 2.05. The Morgan fingerprint density at radius 2 is 2.35 bits per heavy atom. The zero-order valence-corrected chi connectivity index (χ0v) is 11.7. The van der Waals surface area contributed by atoms with Crippen molar-refractivity contribution >= 4 is 33.2 Å². The molecule has 0 saturated heterocycles. The van der Waals surface area contributed by atoms with Gasteiger partial charge in [-0.2, -0.15) is 4.98 Å². The molecule has 0 bridgehead atoms. The van der Waals surface area contributed by atoms with Gasteiger partial charge in [0.05, 0.1) is 15.2 Å². The van der Waals surface area contributed by atoms with Crippen LogP contribution >= 0.6 is 27.3 Å². The lowest BCUT2D eigenvalue weighted by Gasteiger charge is -1.98. The highest BCUT2D eigenvalue weighted by Gasteiger charge is 2.12. The van der Waals surface area contributed by atoms with E-state index < -0.39 is 0 Å². The van der Waals surface area contributed by atoms with E-state index in [1.165, 1.54) is 11.3 Å². The van der Waals surface area contributed by atoms with Crippen molar-refractivity contribution in [3.05, 3.63) is 32.0 Å². The predicted octanol–water partition coefficient (Wildman–Crippen LogP) is 2.44. The zero-order valence-electron chi connectivity index (χ0n) is 9.28. The molecule has 0 aromatic carbocycles. The van der Waals surface area contributed by atoms with E-state index in [2.05, 4.69) is 31.4 Å². The van der Waals surface area contributed by atoms with Crippen molar-refractivity contribution in [2.45, 2.75) is 20.4 Å². The Morgan fingerprint density at radius 1 is 1.59 bits per heavy atom. The molecule has 0 aliphatic rings. The van der Waals surface area contributed by atoms with Gasteiger partial charge in [0.15, 0.2) is 5.82 Å². The van der Waals surface area contributed by atoms with Gasteiger partial charge in [0.2, 0.25) is 5.89 Å². The number of nitrogens with zero attached hydrogens (tertiary/aromatic N) is 2. The summed E-state index contributed by atoms with van der Waals surface area (Å²) in [5.41, 5.74) is 1.05. The molecule has 0 fully saturated rings. The third-order valence-corrected chi connectivity index (χ3v) is 4.19. The minimum atomic E-state index is -0.139. The molecule has 2 aromatic heterocycles. The molecule has 0 atom stereocenters. The Kier molecular flexibility index (Phi) is 3.58. The Labute approximate surface area is 110 Å². The van der Waals surface area contributed by atoms with Crippen LogP contribution in [0.15, 0.2) is 14.4 Å². The third kappa shape index (κ3) is 2.92. The summed E-state index contributed by atoms with van der Waals surface area (Å²) in [4.78, 5) is 16.4. The van der Waals surface area contributed by atoms with E-state index >= 15 is 0 Å². The molecule has 1 amide bonds. The largest absolute Gasteiger partial charge is 0.342 e. The topological polar surface area (TPSA) is 68.0 Å². The van der Waals surface area contributed by atoms with Crippen molar-refractivity contribution in [2.75, 3.05) is 0 Å². The molecule has 2 aromatic rings. The van der Waals surface area contributed by atoms with Crippen LogP contribution in [0.4, 0.5) is 0 Å². The van der Waals surface area contributed by atoms with Crippen molar-refractivity contribution in [3.63, 3.8) is 0 Å². The van der Waals surface area contributed by atoms with Gasteiger partial charge < -0.3 is 9.84 Å². The first-order valence-corrected chi connectivity index (χ1v) is 6.50. The van der Waals surface area contributed by atoms with E-state index in [9.17, 15) is 4.79 Å². The fourth-order valence-corrected chi connectivity index (χ4v) is 2.68. The average molecular weight is 316 g/mol. The van der Waals surface area contributed by atoms with Crippen LogP contribution in [0.1, 0.15) is 27.0 Å². The summed E-state index contributed by atoms with van der Waals surface area (Å²) >= 11 is 4.78. The van der Waals surface area contributed by atoms with Gasteiger partial charge in [0.1, 0.15) is 0 Å². The summed E-state index contributed by atoms with van der Waals surface area (Å²) in [6.07, 6.45) is 0. The second-order valence-corrected chi connectivity index (χ2v) is 5.86. The van der Waals surface area contributed by atoms with Gasteiger partial charge in [-0.1, -0.05) is 5.16 Å². The molecular formula is C10H10BrN3O2S. The number of rotatable bonds is 3. The Morgan fingerprint density at radius 3 is 2.88 bits per heavy atom. The van der Waals surface area contributed by atoms with E-state index in [-0.39, 0.29) is 12.5 Å². The maximum absolute atomic E-state index is 11.8. The number of carbonyl (C=O) groups excluding carboxylic acids is 1. The quantitative estimate of drug-likeness (QED) is 0.944. The number of amides is 1. The van der Waals surface area contributed by atoms with Crippen molar-refractivity contribution in [1.82, 2.24) is 15.5 Å². The van der Waals surface area contributed by atoms with Gasteiger partial charge in [-0.3, -0.25) is 4.79 Å². The molecule has 7 heteroatoms. The molecule has 0 unspecified atom stereocenters. The van der Waals surface area contributed by atoms with Crippen molar-refractivity contribution in [2.24, 2.45) is 0 Å². The minimum Gasteiger partial charge on any atom is -0.342 e. The highest BCUT2D eigenvalue weighted by molar-refractivity contribution is 9.11. The predicted molar refractivity (Wildman–Crippen MR) is 67.0 cm³/mol. The maximum Gasteiger partial charge on any atom is 0.261 e. The van der Waals surface area contributed by atoms with Gasteiger partial charge in [-0.15, -0.1) is 11.3 Å². The lowest BCUT2D eigenvalue weighted by atomic mass is 10.3. The van der Waals surface area contributed by atoms with Gasteiger partial charge in [-0.25, -0.2) is 0 Å². The lowest BCUT2D eigenvalue weighted by Crippen LogP contribution is -2.21. The zero-order chi connectivity index (χ0) is 12.4. The van der Waals surface area contributed by atoms with Gasteiger partial charge >= 0.3 is 0 Å². The highest BCUT2D eigenvalue weighted by atomic mass is 79.9. The number of aryl methyl sites for hydroxylation is 2. The van der Waals surface area contributed by atoms with E-state index in [4.69, 9.17) is 4.52 Å². The Balaban J connectivity index is 1.98. The summed E-state index contributed by atoms with van der Waals surface area (Å²) in [6.45, 7) is 3.92. The number of thiophene rings is 1. The Hall–Kier alpha value is -1.21. The molecule has 0 aliphatic carbocycles. The van der Waals surface area contributed by atoms with E-state index in [0.29, 0.717) is 16.6 Å². The smallest absolute Gasteiger partial charge is 0.261 e. The van der Waals surface area contributed by atoms with E-state index in [1.54, 1.807) is 6.92 Å². The van der Waals surface area contributed by atoms with Gasteiger partial charge in [0, 0.05) is 0 Å². The summed E-state index contributed by atoms with van der Waals surface area (Å²) in [7, 11) is 0. The van der Waals surface area contributed by atoms with Crippen LogP contribution in [-0.2, 0) is 6.54 Å². The van der Waals surface area contributed by atoms with Crippen LogP contribution in [0.5, 0.6) is 0 Å². The average Bonchev–Trinajstić information content (AvgIpc) is 2.83. The number of aromatic nitrogens is 2. The number of halogens is 1. The van der Waals surface area contributed by atoms with Gasteiger partial charge in [0.25, 0.3) is 5.91 Å². The van der Waals surface area contributed by atoms with Crippen LogP contribution in [-0.4, -0.2) is 16.0 Å². The van der Waals surface area contributed by atoms with Crippen molar-refractivity contribution in [1.29, 1.82) is 0 Å². The van der Waals surface area contributed by atoms with Crippen LogP contribution in [0, 0.1) is 13.8 Å². The monoisotopic (exact) mass is 315 g/mol. The number of carbonyl (C=O) groups is 1. The highest BCUT2D eigenvalue weighted by Crippen LogP contribution is 2.27. The molecule has 2 heterocycles. The molecule has 5 nitrogen and oxygen atoms in total. The first-order chi connectivity index (χ1) is 8.06. The molecule has 2 rings (SSSR count).